The third-order valence-electron chi connectivity index (χ3n) is 4.28. The Hall–Kier alpha value is -2.79. The normalized spacial score (nSPS) is 12.8. The first-order valence-electron chi connectivity index (χ1n) is 7.62. The van der Waals surface area contributed by atoms with Crippen LogP contribution in [0.4, 0.5) is 0 Å². The molecule has 5 heteroatoms. The molecule has 3 rings (SSSR count). The SMILES string of the molecule is CC(=O)CCc1c(CO)cc2c(c1O)C(=O)c1ccccc1C2=O. The van der Waals surface area contributed by atoms with Gasteiger partial charge in [0.25, 0.3) is 0 Å². The summed E-state index contributed by atoms with van der Waals surface area (Å²) in [5.41, 5.74) is 1.27. The van der Waals surface area contributed by atoms with Crippen LogP contribution in [-0.4, -0.2) is 27.6 Å². The molecule has 5 nitrogen and oxygen atoms in total. The van der Waals surface area contributed by atoms with E-state index in [-0.39, 0.29) is 52.4 Å². The van der Waals surface area contributed by atoms with Crippen molar-refractivity contribution in [3.63, 3.8) is 0 Å². The highest BCUT2D eigenvalue weighted by Gasteiger charge is 2.33. The van der Waals surface area contributed by atoms with Crippen LogP contribution >= 0.6 is 0 Å². The van der Waals surface area contributed by atoms with Gasteiger partial charge < -0.3 is 15.0 Å². The number of rotatable bonds is 4. The second-order valence-corrected chi connectivity index (χ2v) is 5.85. The predicted octanol–water partition coefficient (Wildman–Crippen LogP) is 2.18. The molecule has 0 heterocycles. The fourth-order valence-electron chi connectivity index (χ4n) is 3.05. The smallest absolute Gasteiger partial charge is 0.198 e. The number of hydrogen-bond acceptors (Lipinski definition) is 5. The Kier molecular flexibility index (Phi) is 4.03. The summed E-state index contributed by atoms with van der Waals surface area (Å²) >= 11 is 0. The summed E-state index contributed by atoms with van der Waals surface area (Å²) in [7, 11) is 0. The number of aromatic hydroxyl groups is 1. The number of carbonyl (C=O) groups is 3. The molecule has 0 unspecified atom stereocenters. The molecule has 0 amide bonds. The molecule has 0 aromatic heterocycles. The Morgan fingerprint density at radius 1 is 1.04 bits per heavy atom. The predicted molar refractivity (Wildman–Crippen MR) is 86.3 cm³/mol. The molecule has 0 fully saturated rings. The Morgan fingerprint density at radius 2 is 1.67 bits per heavy atom. The number of phenolic OH excluding ortho intramolecular Hbond substituents is 1. The molecule has 0 radical (unpaired) electrons. The molecular weight excluding hydrogens is 308 g/mol. The minimum atomic E-state index is -0.425. The van der Waals surface area contributed by atoms with Gasteiger partial charge in [-0.25, -0.2) is 0 Å². The first-order valence-corrected chi connectivity index (χ1v) is 7.62. The van der Waals surface area contributed by atoms with Crippen LogP contribution in [0, 0.1) is 0 Å². The quantitative estimate of drug-likeness (QED) is 0.767. The molecule has 0 atom stereocenters. The van der Waals surface area contributed by atoms with Crippen LogP contribution in [0.15, 0.2) is 30.3 Å². The lowest BCUT2D eigenvalue weighted by Gasteiger charge is -2.21. The number of Topliss-reactive ketones (excluding diaryl/α,β-unsaturated/α-hetero) is 1. The lowest BCUT2D eigenvalue weighted by atomic mass is 9.81. The Labute approximate surface area is 138 Å². The first kappa shape index (κ1) is 16.1. The van der Waals surface area contributed by atoms with E-state index in [1.807, 2.05) is 0 Å². The summed E-state index contributed by atoms with van der Waals surface area (Å²) in [4.78, 5) is 36.6. The van der Waals surface area contributed by atoms with Gasteiger partial charge in [-0.15, -0.1) is 0 Å². The van der Waals surface area contributed by atoms with Crippen LogP contribution < -0.4 is 0 Å². The Bertz CT molecular complexity index is 880. The van der Waals surface area contributed by atoms with Gasteiger partial charge in [0.1, 0.15) is 11.5 Å². The van der Waals surface area contributed by atoms with Crippen LogP contribution in [0.2, 0.25) is 0 Å². The maximum atomic E-state index is 12.7. The van der Waals surface area contributed by atoms with Gasteiger partial charge in [0.05, 0.1) is 12.2 Å². The lowest BCUT2D eigenvalue weighted by Crippen LogP contribution is -2.22. The largest absolute Gasteiger partial charge is 0.507 e. The average Bonchev–Trinajstić information content (AvgIpc) is 2.57. The van der Waals surface area contributed by atoms with E-state index in [2.05, 4.69) is 0 Å². The summed E-state index contributed by atoms with van der Waals surface area (Å²) < 4.78 is 0. The van der Waals surface area contributed by atoms with Gasteiger partial charge in [-0.2, -0.15) is 0 Å². The number of ketones is 3. The highest BCUT2D eigenvalue weighted by Crippen LogP contribution is 2.37. The molecule has 0 spiro atoms. The zero-order valence-electron chi connectivity index (χ0n) is 13.1. The number of aliphatic hydroxyl groups is 1. The molecule has 0 aliphatic heterocycles. The molecule has 2 aromatic carbocycles. The summed E-state index contributed by atoms with van der Waals surface area (Å²) in [5, 5.41) is 20.1. The summed E-state index contributed by atoms with van der Waals surface area (Å²) in [6.07, 6.45) is 0.380. The second kappa shape index (κ2) is 6.02. The van der Waals surface area contributed by atoms with E-state index in [1.165, 1.54) is 13.0 Å². The topological polar surface area (TPSA) is 91.7 Å². The van der Waals surface area contributed by atoms with Gasteiger partial charge >= 0.3 is 0 Å². The van der Waals surface area contributed by atoms with Crippen LogP contribution in [0.1, 0.15) is 56.3 Å². The minimum absolute atomic E-state index is 0.0468. The van der Waals surface area contributed by atoms with Crippen molar-refractivity contribution in [1.29, 1.82) is 0 Å². The molecule has 0 bridgehead atoms. The third-order valence-corrected chi connectivity index (χ3v) is 4.28. The van der Waals surface area contributed by atoms with E-state index in [4.69, 9.17) is 0 Å². The number of benzene rings is 2. The Balaban J connectivity index is 2.22. The number of aliphatic hydroxyl groups excluding tert-OH is 1. The number of fused-ring (bicyclic) bond motifs is 2. The van der Waals surface area contributed by atoms with E-state index < -0.39 is 12.4 Å². The molecule has 2 N–H and O–H groups in total. The van der Waals surface area contributed by atoms with E-state index in [0.29, 0.717) is 11.1 Å². The number of carbonyl (C=O) groups excluding carboxylic acids is 3. The summed E-state index contributed by atoms with van der Waals surface area (Å²) in [6, 6.07) is 7.89. The van der Waals surface area contributed by atoms with E-state index >= 15 is 0 Å². The van der Waals surface area contributed by atoms with Gasteiger partial charge in [-0.1, -0.05) is 24.3 Å². The van der Waals surface area contributed by atoms with Crippen molar-refractivity contribution in [2.45, 2.75) is 26.4 Å². The van der Waals surface area contributed by atoms with Crippen LogP contribution in [-0.2, 0) is 17.8 Å². The monoisotopic (exact) mass is 324 g/mol. The number of phenols is 1. The van der Waals surface area contributed by atoms with E-state index in [9.17, 15) is 24.6 Å². The highest BCUT2D eigenvalue weighted by atomic mass is 16.3. The van der Waals surface area contributed by atoms with Crippen molar-refractivity contribution in [3.05, 3.63) is 63.7 Å². The summed E-state index contributed by atoms with van der Waals surface area (Å²) in [5.74, 6) is -1.16. The minimum Gasteiger partial charge on any atom is -0.507 e. The van der Waals surface area contributed by atoms with Gasteiger partial charge in [-0.05, 0) is 25.0 Å². The fourth-order valence-corrected chi connectivity index (χ4v) is 3.05. The van der Waals surface area contributed by atoms with Gasteiger partial charge in [-0.3, -0.25) is 9.59 Å². The second-order valence-electron chi connectivity index (χ2n) is 5.85. The zero-order valence-corrected chi connectivity index (χ0v) is 13.1. The van der Waals surface area contributed by atoms with Crippen molar-refractivity contribution < 1.29 is 24.6 Å². The molecule has 1 aliphatic rings. The maximum absolute atomic E-state index is 12.7. The molecule has 1 aliphatic carbocycles. The van der Waals surface area contributed by atoms with Crippen molar-refractivity contribution in [2.24, 2.45) is 0 Å². The molecule has 122 valence electrons. The fraction of sp³-hybridized carbons (Fsp3) is 0.211. The summed E-state index contributed by atoms with van der Waals surface area (Å²) in [6.45, 7) is 1.04. The van der Waals surface area contributed by atoms with Crippen molar-refractivity contribution >= 4 is 17.3 Å². The zero-order chi connectivity index (χ0) is 17.4. The molecule has 0 saturated heterocycles. The van der Waals surface area contributed by atoms with Gasteiger partial charge in [0.15, 0.2) is 11.6 Å². The van der Waals surface area contributed by atoms with Crippen molar-refractivity contribution in [2.75, 3.05) is 0 Å². The third kappa shape index (κ3) is 2.43. The average molecular weight is 324 g/mol. The lowest BCUT2D eigenvalue weighted by molar-refractivity contribution is -0.116. The van der Waals surface area contributed by atoms with E-state index in [0.717, 1.165) is 0 Å². The molecule has 24 heavy (non-hydrogen) atoms. The Morgan fingerprint density at radius 3 is 2.25 bits per heavy atom. The van der Waals surface area contributed by atoms with E-state index in [1.54, 1.807) is 24.3 Å². The number of hydrogen-bond donors (Lipinski definition) is 2. The van der Waals surface area contributed by atoms with Crippen LogP contribution in [0.5, 0.6) is 5.75 Å². The van der Waals surface area contributed by atoms with Gasteiger partial charge in [0, 0.05) is 28.7 Å². The molecule has 2 aromatic rings. The molecular formula is C19H16O5. The van der Waals surface area contributed by atoms with Crippen LogP contribution in [0.3, 0.4) is 0 Å². The first-order chi connectivity index (χ1) is 11.5. The highest BCUT2D eigenvalue weighted by molar-refractivity contribution is 6.29. The standard InChI is InChI=1S/C19H16O5/c1-10(21)6-7-12-11(9-20)8-15-16(18(12)23)19(24)14-5-3-2-4-13(14)17(15)22/h2-5,8,20,23H,6-7,9H2,1H3. The van der Waals surface area contributed by atoms with Crippen molar-refractivity contribution in [3.8, 4) is 5.75 Å². The van der Waals surface area contributed by atoms with Crippen molar-refractivity contribution in [1.82, 2.24) is 0 Å². The van der Waals surface area contributed by atoms with Crippen LogP contribution in [0.25, 0.3) is 0 Å². The van der Waals surface area contributed by atoms with Gasteiger partial charge in [0.2, 0.25) is 0 Å². The maximum Gasteiger partial charge on any atom is 0.198 e. The molecule has 0 saturated carbocycles.